The molecule has 2 aromatic carbocycles. The van der Waals surface area contributed by atoms with E-state index in [0.717, 1.165) is 28.7 Å². The summed E-state index contributed by atoms with van der Waals surface area (Å²) in [7, 11) is 1.84. The third-order valence-electron chi connectivity index (χ3n) is 5.33. The minimum absolute atomic E-state index is 0.0992. The first-order chi connectivity index (χ1) is 13.8. The highest BCUT2D eigenvalue weighted by Gasteiger charge is 2.30. The van der Waals surface area contributed by atoms with Crippen LogP contribution in [0.1, 0.15) is 21.7 Å². The number of fused-ring (bicyclic) bond motifs is 1. The van der Waals surface area contributed by atoms with Crippen molar-refractivity contribution in [2.24, 2.45) is 7.05 Å². The number of hydrogen-bond acceptors (Lipinski definition) is 3. The number of alkyl halides is 3. The molecule has 0 radical (unpaired) electrons. The second kappa shape index (κ2) is 7.51. The second-order valence-electron chi connectivity index (χ2n) is 7.25. The number of imidazole rings is 1. The van der Waals surface area contributed by atoms with Crippen LogP contribution in [0.5, 0.6) is 0 Å². The highest BCUT2D eigenvalue weighted by Crippen LogP contribution is 2.29. The molecule has 1 aliphatic rings. The fraction of sp³-hybridized carbons (Fsp3) is 0.333. The molecule has 1 saturated heterocycles. The highest BCUT2D eigenvalue weighted by atomic mass is 19.4. The lowest BCUT2D eigenvalue weighted by Gasteiger charge is -2.34. The third kappa shape index (κ3) is 3.98. The van der Waals surface area contributed by atoms with Gasteiger partial charge in [-0.15, -0.1) is 0 Å². The lowest BCUT2D eigenvalue weighted by molar-refractivity contribution is -0.137. The van der Waals surface area contributed by atoms with Gasteiger partial charge in [-0.05, 0) is 29.8 Å². The zero-order chi connectivity index (χ0) is 20.6. The molecule has 1 aliphatic heterocycles. The Bertz CT molecular complexity index is 1020. The van der Waals surface area contributed by atoms with Crippen LogP contribution < -0.4 is 0 Å². The maximum absolute atomic E-state index is 12.9. The number of carbonyl (C=O) groups excluding carboxylic acids is 1. The average Bonchev–Trinajstić information content (AvgIpc) is 3.05. The summed E-state index contributed by atoms with van der Waals surface area (Å²) in [6.07, 6.45) is -4.32. The van der Waals surface area contributed by atoms with E-state index in [0.29, 0.717) is 38.5 Å². The molecular formula is C21H21F3N4O. The Morgan fingerprint density at radius 2 is 1.66 bits per heavy atom. The maximum Gasteiger partial charge on any atom is 0.416 e. The molecule has 0 unspecified atom stereocenters. The number of carbonyl (C=O) groups is 1. The Hall–Kier alpha value is -2.87. The van der Waals surface area contributed by atoms with E-state index in [4.69, 9.17) is 0 Å². The van der Waals surface area contributed by atoms with Crippen molar-refractivity contribution in [3.05, 3.63) is 65.5 Å². The Labute approximate surface area is 166 Å². The second-order valence-corrected chi connectivity index (χ2v) is 7.25. The summed E-state index contributed by atoms with van der Waals surface area (Å²) in [5, 5.41) is 0. The van der Waals surface area contributed by atoms with E-state index in [9.17, 15) is 18.0 Å². The molecule has 1 amide bonds. The van der Waals surface area contributed by atoms with Gasteiger partial charge in [0, 0.05) is 39.8 Å². The van der Waals surface area contributed by atoms with Crippen molar-refractivity contribution in [1.29, 1.82) is 0 Å². The third-order valence-corrected chi connectivity index (χ3v) is 5.33. The molecule has 0 spiro atoms. The molecule has 29 heavy (non-hydrogen) atoms. The number of nitrogens with zero attached hydrogens (tertiary/aromatic N) is 4. The van der Waals surface area contributed by atoms with Crippen LogP contribution in [0.15, 0.2) is 48.5 Å². The number of hydrogen-bond donors (Lipinski definition) is 0. The van der Waals surface area contributed by atoms with Crippen LogP contribution in [0.4, 0.5) is 13.2 Å². The fourth-order valence-corrected chi connectivity index (χ4v) is 3.64. The van der Waals surface area contributed by atoms with Gasteiger partial charge in [0.05, 0.1) is 16.6 Å². The van der Waals surface area contributed by atoms with Gasteiger partial charge in [0.1, 0.15) is 0 Å². The van der Waals surface area contributed by atoms with Crippen molar-refractivity contribution in [2.75, 3.05) is 26.2 Å². The number of halogens is 3. The van der Waals surface area contributed by atoms with Crippen LogP contribution >= 0.6 is 0 Å². The molecule has 1 aromatic heterocycles. The van der Waals surface area contributed by atoms with Gasteiger partial charge in [-0.1, -0.05) is 24.3 Å². The number of para-hydroxylation sites is 2. The zero-order valence-corrected chi connectivity index (χ0v) is 16.0. The van der Waals surface area contributed by atoms with Crippen molar-refractivity contribution >= 4 is 16.9 Å². The zero-order valence-electron chi connectivity index (χ0n) is 16.0. The molecule has 5 nitrogen and oxygen atoms in total. The van der Waals surface area contributed by atoms with Gasteiger partial charge in [-0.2, -0.15) is 13.2 Å². The van der Waals surface area contributed by atoms with Crippen molar-refractivity contribution in [3.8, 4) is 0 Å². The van der Waals surface area contributed by atoms with Crippen LogP contribution in [0.2, 0.25) is 0 Å². The first kappa shape index (κ1) is 19.4. The molecule has 0 saturated carbocycles. The first-order valence-electron chi connectivity index (χ1n) is 9.42. The number of piperazine rings is 1. The average molecular weight is 402 g/mol. The van der Waals surface area contributed by atoms with Crippen LogP contribution in [-0.4, -0.2) is 51.4 Å². The van der Waals surface area contributed by atoms with Crippen molar-refractivity contribution < 1.29 is 18.0 Å². The van der Waals surface area contributed by atoms with E-state index in [1.54, 1.807) is 4.90 Å². The molecular weight excluding hydrogens is 381 g/mol. The smallest absolute Gasteiger partial charge is 0.333 e. The minimum Gasteiger partial charge on any atom is -0.333 e. The van der Waals surface area contributed by atoms with E-state index >= 15 is 0 Å². The number of aromatic nitrogens is 2. The lowest BCUT2D eigenvalue weighted by atomic mass is 10.1. The predicted molar refractivity (Wildman–Crippen MR) is 103 cm³/mol. The van der Waals surface area contributed by atoms with Gasteiger partial charge in [0.15, 0.2) is 5.82 Å². The van der Waals surface area contributed by atoms with Crippen LogP contribution in [0.3, 0.4) is 0 Å². The molecule has 2 heterocycles. The Kier molecular flexibility index (Phi) is 5.04. The number of aryl methyl sites for hydroxylation is 1. The Balaban J connectivity index is 1.37. The van der Waals surface area contributed by atoms with Crippen molar-refractivity contribution in [2.45, 2.75) is 12.7 Å². The van der Waals surface area contributed by atoms with Gasteiger partial charge in [0.2, 0.25) is 0 Å². The molecule has 3 aromatic rings. The van der Waals surface area contributed by atoms with Crippen molar-refractivity contribution in [1.82, 2.24) is 19.4 Å². The molecule has 0 N–H and O–H groups in total. The molecule has 4 rings (SSSR count). The summed E-state index contributed by atoms with van der Waals surface area (Å²) < 4.78 is 39.8. The van der Waals surface area contributed by atoms with E-state index in [-0.39, 0.29) is 5.91 Å². The van der Waals surface area contributed by atoms with E-state index < -0.39 is 11.7 Å². The minimum atomic E-state index is -4.32. The van der Waals surface area contributed by atoms with Crippen LogP contribution in [0.25, 0.3) is 11.0 Å². The van der Waals surface area contributed by atoms with Gasteiger partial charge in [0.25, 0.3) is 5.91 Å². The van der Waals surface area contributed by atoms with Crippen LogP contribution in [-0.2, 0) is 19.8 Å². The molecule has 0 aliphatic carbocycles. The normalized spacial score (nSPS) is 15.8. The standard InChI is InChI=1S/C21H21F3N4O/c1-26-18-5-3-2-4-17(18)25-19(26)20(29)28-12-10-27(11-13-28)14-15-6-8-16(9-7-15)21(22,23)24/h2-9H,10-14H2,1H3. The summed E-state index contributed by atoms with van der Waals surface area (Å²) in [6.45, 7) is 3.01. The first-order valence-corrected chi connectivity index (χ1v) is 9.42. The quantitative estimate of drug-likeness (QED) is 0.673. The fourth-order valence-electron chi connectivity index (χ4n) is 3.64. The summed E-state index contributed by atoms with van der Waals surface area (Å²) in [5.74, 6) is 0.320. The van der Waals surface area contributed by atoms with E-state index in [2.05, 4.69) is 9.88 Å². The molecule has 0 atom stereocenters. The van der Waals surface area contributed by atoms with E-state index in [1.165, 1.54) is 12.1 Å². The summed E-state index contributed by atoms with van der Waals surface area (Å²) in [4.78, 5) is 21.3. The Morgan fingerprint density at radius 1 is 1.00 bits per heavy atom. The Morgan fingerprint density at radius 3 is 2.28 bits per heavy atom. The molecule has 1 fully saturated rings. The van der Waals surface area contributed by atoms with E-state index in [1.807, 2.05) is 35.9 Å². The topological polar surface area (TPSA) is 41.4 Å². The molecule has 8 heteroatoms. The molecule has 152 valence electrons. The highest BCUT2D eigenvalue weighted by molar-refractivity contribution is 5.94. The number of benzene rings is 2. The largest absolute Gasteiger partial charge is 0.416 e. The number of amides is 1. The van der Waals surface area contributed by atoms with Crippen LogP contribution in [0, 0.1) is 0 Å². The van der Waals surface area contributed by atoms with Gasteiger partial charge in [-0.3, -0.25) is 9.69 Å². The van der Waals surface area contributed by atoms with Gasteiger partial charge < -0.3 is 9.47 Å². The monoisotopic (exact) mass is 402 g/mol. The van der Waals surface area contributed by atoms with Gasteiger partial charge in [-0.25, -0.2) is 4.98 Å². The lowest BCUT2D eigenvalue weighted by Crippen LogP contribution is -2.48. The van der Waals surface area contributed by atoms with Crippen molar-refractivity contribution in [3.63, 3.8) is 0 Å². The summed E-state index contributed by atoms with van der Waals surface area (Å²) in [6, 6.07) is 12.9. The summed E-state index contributed by atoms with van der Waals surface area (Å²) in [5.41, 5.74) is 1.89. The summed E-state index contributed by atoms with van der Waals surface area (Å²) >= 11 is 0. The van der Waals surface area contributed by atoms with Gasteiger partial charge >= 0.3 is 6.18 Å². The maximum atomic E-state index is 12.9. The predicted octanol–water partition coefficient (Wildman–Crippen LogP) is 3.55. The SMILES string of the molecule is Cn1c(C(=O)N2CCN(Cc3ccc(C(F)(F)F)cc3)CC2)nc2ccccc21. The molecule has 0 bridgehead atoms. The number of rotatable bonds is 3.